The molecule has 3 heteroatoms. The van der Waals surface area contributed by atoms with Crippen molar-refractivity contribution >= 4 is 0 Å². The van der Waals surface area contributed by atoms with Crippen LogP contribution in [0, 0.1) is 0 Å². The monoisotopic (exact) mass is 202 g/mol. The molecular formula is C11H26N2O. The molecule has 0 aliphatic carbocycles. The van der Waals surface area contributed by atoms with Crippen molar-refractivity contribution in [3.05, 3.63) is 0 Å². The quantitative estimate of drug-likeness (QED) is 0.360. The van der Waals surface area contributed by atoms with Crippen molar-refractivity contribution in [3.8, 4) is 0 Å². The van der Waals surface area contributed by atoms with Crippen LogP contribution in [-0.2, 0) is 4.74 Å². The zero-order valence-electron chi connectivity index (χ0n) is 10.1. The van der Waals surface area contributed by atoms with Crippen LogP contribution >= 0.6 is 0 Å². The van der Waals surface area contributed by atoms with E-state index in [0.717, 1.165) is 13.0 Å². The van der Waals surface area contributed by atoms with Crippen molar-refractivity contribution in [1.82, 2.24) is 5.43 Å². The fourth-order valence-electron chi connectivity index (χ4n) is 1.70. The van der Waals surface area contributed by atoms with Gasteiger partial charge in [0.1, 0.15) is 0 Å². The molecule has 1 unspecified atom stereocenters. The Morgan fingerprint density at radius 3 is 2.36 bits per heavy atom. The summed E-state index contributed by atoms with van der Waals surface area (Å²) in [5.74, 6) is 5.54. The van der Waals surface area contributed by atoms with Crippen molar-refractivity contribution in [2.24, 2.45) is 5.84 Å². The molecule has 1 atom stereocenters. The molecule has 0 aromatic carbocycles. The topological polar surface area (TPSA) is 47.3 Å². The Morgan fingerprint density at radius 1 is 1.29 bits per heavy atom. The second-order valence-corrected chi connectivity index (χ2v) is 4.25. The molecule has 0 saturated heterocycles. The van der Waals surface area contributed by atoms with E-state index in [4.69, 9.17) is 10.6 Å². The number of hydrogen-bond donors (Lipinski definition) is 2. The van der Waals surface area contributed by atoms with Gasteiger partial charge in [0, 0.05) is 12.6 Å². The molecule has 0 aliphatic heterocycles. The summed E-state index contributed by atoms with van der Waals surface area (Å²) in [6.45, 7) is 9.14. The van der Waals surface area contributed by atoms with Gasteiger partial charge >= 0.3 is 0 Å². The third-order valence-corrected chi connectivity index (χ3v) is 2.65. The number of rotatable bonds is 8. The summed E-state index contributed by atoms with van der Waals surface area (Å²) in [6.07, 6.45) is 4.80. The van der Waals surface area contributed by atoms with Crippen molar-refractivity contribution in [2.45, 2.75) is 65.0 Å². The van der Waals surface area contributed by atoms with Gasteiger partial charge in [-0.25, -0.2) is 0 Å². The zero-order valence-corrected chi connectivity index (χ0v) is 10.1. The first-order chi connectivity index (χ1) is 6.58. The van der Waals surface area contributed by atoms with E-state index < -0.39 is 0 Å². The van der Waals surface area contributed by atoms with Crippen LogP contribution in [0.4, 0.5) is 0 Å². The van der Waals surface area contributed by atoms with Gasteiger partial charge in [-0.05, 0) is 27.2 Å². The average Bonchev–Trinajstić information content (AvgIpc) is 2.12. The number of unbranched alkanes of at least 4 members (excludes halogenated alkanes) is 2. The van der Waals surface area contributed by atoms with Crippen LogP contribution in [-0.4, -0.2) is 18.2 Å². The molecule has 0 aromatic heterocycles. The minimum Gasteiger partial charge on any atom is -0.374 e. The standard InChI is InChI=1S/C11H26N2O/c1-5-7-8-9-10(13-12)11(3,4)14-6-2/h10,13H,5-9,12H2,1-4H3. The lowest BCUT2D eigenvalue weighted by Crippen LogP contribution is -2.51. The predicted molar refractivity (Wildman–Crippen MR) is 61.0 cm³/mol. The maximum absolute atomic E-state index is 5.67. The molecule has 0 heterocycles. The average molecular weight is 202 g/mol. The zero-order chi connectivity index (χ0) is 11.0. The highest BCUT2D eigenvalue weighted by Crippen LogP contribution is 2.19. The maximum atomic E-state index is 5.67. The Labute approximate surface area is 88.4 Å². The van der Waals surface area contributed by atoms with Crippen molar-refractivity contribution in [1.29, 1.82) is 0 Å². The van der Waals surface area contributed by atoms with Crippen molar-refractivity contribution < 1.29 is 4.74 Å². The molecule has 86 valence electrons. The van der Waals surface area contributed by atoms with Crippen molar-refractivity contribution in [3.63, 3.8) is 0 Å². The van der Waals surface area contributed by atoms with E-state index in [9.17, 15) is 0 Å². The minimum absolute atomic E-state index is 0.169. The van der Waals surface area contributed by atoms with Crippen molar-refractivity contribution in [2.75, 3.05) is 6.61 Å². The molecule has 0 radical (unpaired) electrons. The summed E-state index contributed by atoms with van der Waals surface area (Å²) >= 11 is 0. The minimum atomic E-state index is -0.169. The summed E-state index contributed by atoms with van der Waals surface area (Å²) in [4.78, 5) is 0. The Kier molecular flexibility index (Phi) is 7.15. The van der Waals surface area contributed by atoms with E-state index in [2.05, 4.69) is 26.2 Å². The smallest absolute Gasteiger partial charge is 0.0792 e. The van der Waals surface area contributed by atoms with Gasteiger partial charge in [0.15, 0.2) is 0 Å². The number of hydrogen-bond acceptors (Lipinski definition) is 3. The molecule has 0 aliphatic rings. The van der Waals surface area contributed by atoms with E-state index in [1.54, 1.807) is 0 Å². The second kappa shape index (κ2) is 7.21. The van der Waals surface area contributed by atoms with Crippen LogP contribution < -0.4 is 11.3 Å². The fraction of sp³-hybridized carbons (Fsp3) is 1.00. The number of nitrogens with two attached hydrogens (primary N) is 1. The van der Waals surface area contributed by atoms with Gasteiger partial charge in [0.05, 0.1) is 5.60 Å². The first kappa shape index (κ1) is 13.9. The fourth-order valence-corrected chi connectivity index (χ4v) is 1.70. The third-order valence-electron chi connectivity index (χ3n) is 2.65. The third kappa shape index (κ3) is 4.94. The molecule has 3 nitrogen and oxygen atoms in total. The molecular weight excluding hydrogens is 176 g/mol. The highest BCUT2D eigenvalue weighted by Gasteiger charge is 2.28. The Balaban J connectivity index is 3.96. The molecule has 0 spiro atoms. The van der Waals surface area contributed by atoms with Gasteiger partial charge < -0.3 is 4.74 Å². The summed E-state index contributed by atoms with van der Waals surface area (Å²) in [5.41, 5.74) is 2.69. The van der Waals surface area contributed by atoms with Gasteiger partial charge in [-0.2, -0.15) is 0 Å². The van der Waals surface area contributed by atoms with Gasteiger partial charge in [0.25, 0.3) is 0 Å². The SMILES string of the molecule is CCCCCC(NN)C(C)(C)OCC. The molecule has 0 amide bonds. The Hall–Kier alpha value is -0.120. The second-order valence-electron chi connectivity index (χ2n) is 4.25. The highest BCUT2D eigenvalue weighted by atomic mass is 16.5. The van der Waals surface area contributed by atoms with E-state index >= 15 is 0 Å². The van der Waals surface area contributed by atoms with Gasteiger partial charge in [-0.3, -0.25) is 11.3 Å². The number of hydrazine groups is 1. The molecule has 0 fully saturated rings. The molecule has 14 heavy (non-hydrogen) atoms. The molecule has 3 N–H and O–H groups in total. The molecule has 0 rings (SSSR count). The number of nitrogens with one attached hydrogen (secondary N) is 1. The normalized spacial score (nSPS) is 14.4. The first-order valence-electron chi connectivity index (χ1n) is 5.68. The predicted octanol–water partition coefficient (Wildman–Crippen LogP) is 2.21. The summed E-state index contributed by atoms with van der Waals surface area (Å²) < 4.78 is 5.67. The van der Waals surface area contributed by atoms with E-state index in [1.165, 1.54) is 19.3 Å². The van der Waals surface area contributed by atoms with Crippen LogP contribution in [0.3, 0.4) is 0 Å². The Morgan fingerprint density at radius 2 is 1.93 bits per heavy atom. The summed E-state index contributed by atoms with van der Waals surface area (Å²) in [7, 11) is 0. The first-order valence-corrected chi connectivity index (χ1v) is 5.68. The molecule has 0 saturated carbocycles. The van der Waals surface area contributed by atoms with E-state index in [1.807, 2.05) is 6.92 Å². The van der Waals surface area contributed by atoms with Crippen LogP contribution in [0.1, 0.15) is 53.4 Å². The molecule has 0 aromatic rings. The lowest BCUT2D eigenvalue weighted by Gasteiger charge is -2.33. The van der Waals surface area contributed by atoms with Crippen LogP contribution in [0.2, 0.25) is 0 Å². The number of ether oxygens (including phenoxy) is 1. The van der Waals surface area contributed by atoms with Gasteiger partial charge in [0.2, 0.25) is 0 Å². The Bertz CT molecular complexity index is 137. The van der Waals surface area contributed by atoms with Gasteiger partial charge in [-0.1, -0.05) is 26.2 Å². The van der Waals surface area contributed by atoms with Crippen LogP contribution in [0.15, 0.2) is 0 Å². The summed E-state index contributed by atoms with van der Waals surface area (Å²) in [6, 6.07) is 0.244. The van der Waals surface area contributed by atoms with E-state index in [0.29, 0.717) is 0 Å². The van der Waals surface area contributed by atoms with Crippen LogP contribution in [0.25, 0.3) is 0 Å². The maximum Gasteiger partial charge on any atom is 0.0792 e. The largest absolute Gasteiger partial charge is 0.374 e. The lowest BCUT2D eigenvalue weighted by atomic mass is 9.94. The highest BCUT2D eigenvalue weighted by molar-refractivity contribution is 4.83. The molecule has 0 bridgehead atoms. The van der Waals surface area contributed by atoms with Gasteiger partial charge in [-0.15, -0.1) is 0 Å². The summed E-state index contributed by atoms with van der Waals surface area (Å²) in [5, 5.41) is 0. The van der Waals surface area contributed by atoms with E-state index in [-0.39, 0.29) is 11.6 Å². The lowest BCUT2D eigenvalue weighted by molar-refractivity contribution is -0.0406. The van der Waals surface area contributed by atoms with Crippen LogP contribution in [0.5, 0.6) is 0 Å².